The first kappa shape index (κ1) is 13.8. The Morgan fingerprint density at radius 3 is 2.67 bits per heavy atom. The molecule has 0 unspecified atom stereocenters. The van der Waals surface area contributed by atoms with Gasteiger partial charge in [0.2, 0.25) is 0 Å². The zero-order chi connectivity index (χ0) is 13.1. The molecule has 0 bridgehead atoms. The fourth-order valence-electron chi connectivity index (χ4n) is 1.98. The van der Waals surface area contributed by atoms with E-state index in [1.165, 1.54) is 0 Å². The molecule has 1 fully saturated rings. The highest BCUT2D eigenvalue weighted by Crippen LogP contribution is 2.23. The molecular formula is C12H15ClN2OS2. The van der Waals surface area contributed by atoms with Gasteiger partial charge < -0.3 is 11.1 Å². The first-order valence-corrected chi connectivity index (χ1v) is 8.04. The van der Waals surface area contributed by atoms with E-state index in [0.29, 0.717) is 21.6 Å². The molecule has 98 valence electrons. The maximum absolute atomic E-state index is 11.3. The Labute approximate surface area is 120 Å². The molecule has 3 nitrogen and oxygen atoms in total. The van der Waals surface area contributed by atoms with Crippen molar-refractivity contribution in [1.29, 1.82) is 0 Å². The summed E-state index contributed by atoms with van der Waals surface area (Å²) in [5.41, 5.74) is 7.21. The average Bonchev–Trinajstić information content (AvgIpc) is 2.32. The zero-order valence-corrected chi connectivity index (χ0v) is 12.2. The maximum atomic E-state index is 11.3. The SMILES string of the molecule is NC(=S)c1ccc(NC2CCS(=O)CC2)cc1Cl. The molecule has 0 spiro atoms. The molecule has 0 aromatic heterocycles. The van der Waals surface area contributed by atoms with Crippen molar-refractivity contribution in [2.24, 2.45) is 5.73 Å². The number of hydrogen-bond acceptors (Lipinski definition) is 3. The van der Waals surface area contributed by atoms with Crippen LogP contribution in [0.4, 0.5) is 5.69 Å². The zero-order valence-electron chi connectivity index (χ0n) is 9.82. The van der Waals surface area contributed by atoms with Gasteiger partial charge in [-0.05, 0) is 31.0 Å². The van der Waals surface area contributed by atoms with Gasteiger partial charge in [-0.15, -0.1) is 0 Å². The first-order valence-electron chi connectivity index (χ1n) is 5.77. The van der Waals surface area contributed by atoms with E-state index in [2.05, 4.69) is 5.32 Å². The van der Waals surface area contributed by atoms with E-state index < -0.39 is 10.8 Å². The summed E-state index contributed by atoms with van der Waals surface area (Å²) in [6.07, 6.45) is 1.86. The Kier molecular flexibility index (Phi) is 4.59. The van der Waals surface area contributed by atoms with Gasteiger partial charge >= 0.3 is 0 Å². The van der Waals surface area contributed by atoms with Gasteiger partial charge in [-0.25, -0.2) is 0 Å². The second-order valence-electron chi connectivity index (χ2n) is 4.33. The molecule has 2 rings (SSSR count). The van der Waals surface area contributed by atoms with Crippen LogP contribution in [0.3, 0.4) is 0 Å². The van der Waals surface area contributed by atoms with Gasteiger partial charge in [-0.1, -0.05) is 23.8 Å². The topological polar surface area (TPSA) is 55.1 Å². The average molecular weight is 303 g/mol. The van der Waals surface area contributed by atoms with Crippen LogP contribution in [0.25, 0.3) is 0 Å². The molecule has 18 heavy (non-hydrogen) atoms. The standard InChI is InChI=1S/C12H15ClN2OS2/c13-11-7-9(1-2-10(11)12(14)17)15-8-3-5-18(16)6-4-8/h1-2,7-8,15H,3-6H2,(H2,14,17). The van der Waals surface area contributed by atoms with Crippen molar-refractivity contribution in [3.8, 4) is 0 Å². The van der Waals surface area contributed by atoms with Crippen molar-refractivity contribution < 1.29 is 4.21 Å². The number of anilines is 1. The summed E-state index contributed by atoms with van der Waals surface area (Å²) >= 11 is 11.0. The largest absolute Gasteiger partial charge is 0.389 e. The second kappa shape index (κ2) is 5.99. The van der Waals surface area contributed by atoms with Crippen molar-refractivity contribution in [3.63, 3.8) is 0 Å². The van der Waals surface area contributed by atoms with Crippen molar-refractivity contribution in [2.75, 3.05) is 16.8 Å². The fourth-order valence-corrected chi connectivity index (χ4v) is 3.79. The molecule has 1 aromatic rings. The minimum atomic E-state index is -0.633. The Morgan fingerprint density at radius 2 is 2.11 bits per heavy atom. The third-order valence-electron chi connectivity index (χ3n) is 2.99. The molecule has 0 saturated carbocycles. The number of thiocarbonyl (C=S) groups is 1. The predicted molar refractivity (Wildman–Crippen MR) is 81.9 cm³/mol. The number of hydrogen-bond donors (Lipinski definition) is 2. The number of rotatable bonds is 3. The molecule has 0 atom stereocenters. The van der Waals surface area contributed by atoms with E-state index in [9.17, 15) is 4.21 Å². The molecule has 6 heteroatoms. The summed E-state index contributed by atoms with van der Waals surface area (Å²) in [5, 5.41) is 3.97. The lowest BCUT2D eigenvalue weighted by Gasteiger charge is -2.23. The van der Waals surface area contributed by atoms with Gasteiger partial charge in [-0.3, -0.25) is 4.21 Å². The molecule has 1 aromatic carbocycles. The van der Waals surface area contributed by atoms with Crippen LogP contribution in [0.15, 0.2) is 18.2 Å². The molecule has 1 aliphatic heterocycles. The summed E-state index contributed by atoms with van der Waals surface area (Å²) in [6, 6.07) is 5.95. The number of halogens is 1. The van der Waals surface area contributed by atoms with Crippen LogP contribution in [-0.4, -0.2) is 26.7 Å². The monoisotopic (exact) mass is 302 g/mol. The minimum absolute atomic E-state index is 0.305. The highest BCUT2D eigenvalue weighted by molar-refractivity contribution is 7.85. The lowest BCUT2D eigenvalue weighted by Crippen LogP contribution is -2.29. The molecule has 0 radical (unpaired) electrons. The normalized spacial score (nSPS) is 23.6. The third kappa shape index (κ3) is 3.43. The number of nitrogens with two attached hydrogens (primary N) is 1. The molecule has 1 saturated heterocycles. The van der Waals surface area contributed by atoms with Gasteiger partial charge in [-0.2, -0.15) is 0 Å². The summed E-state index contributed by atoms with van der Waals surface area (Å²) < 4.78 is 11.3. The van der Waals surface area contributed by atoms with E-state index in [0.717, 1.165) is 30.0 Å². The van der Waals surface area contributed by atoms with Crippen molar-refractivity contribution in [2.45, 2.75) is 18.9 Å². The first-order chi connectivity index (χ1) is 8.56. The lowest BCUT2D eigenvalue weighted by molar-refractivity contribution is 0.624. The van der Waals surface area contributed by atoms with E-state index in [1.807, 2.05) is 18.2 Å². The fraction of sp³-hybridized carbons (Fsp3) is 0.417. The van der Waals surface area contributed by atoms with Gasteiger partial charge in [0.05, 0.1) is 5.02 Å². The van der Waals surface area contributed by atoms with E-state index >= 15 is 0 Å². The summed E-state index contributed by atoms with van der Waals surface area (Å²) in [5.74, 6) is 1.55. The van der Waals surface area contributed by atoms with Crippen LogP contribution in [0.2, 0.25) is 5.02 Å². The maximum Gasteiger partial charge on any atom is 0.105 e. The summed E-state index contributed by atoms with van der Waals surface area (Å²) in [7, 11) is -0.633. The summed E-state index contributed by atoms with van der Waals surface area (Å²) in [4.78, 5) is 0.305. The molecule has 0 aliphatic carbocycles. The van der Waals surface area contributed by atoms with Crippen LogP contribution in [0.1, 0.15) is 18.4 Å². The van der Waals surface area contributed by atoms with Gasteiger partial charge in [0.15, 0.2) is 0 Å². The lowest BCUT2D eigenvalue weighted by atomic mass is 10.1. The van der Waals surface area contributed by atoms with Gasteiger partial charge in [0, 0.05) is 39.6 Å². The van der Waals surface area contributed by atoms with Crippen LogP contribution in [-0.2, 0) is 10.8 Å². The van der Waals surface area contributed by atoms with Crippen LogP contribution >= 0.6 is 23.8 Å². The van der Waals surface area contributed by atoms with Crippen molar-refractivity contribution in [1.82, 2.24) is 0 Å². The van der Waals surface area contributed by atoms with Crippen molar-refractivity contribution in [3.05, 3.63) is 28.8 Å². The Hall–Kier alpha value is -0.650. The highest BCUT2D eigenvalue weighted by atomic mass is 35.5. The Balaban J connectivity index is 2.04. The molecule has 0 amide bonds. The molecule has 3 N–H and O–H groups in total. The third-order valence-corrected chi connectivity index (χ3v) is 4.91. The minimum Gasteiger partial charge on any atom is -0.389 e. The molecule has 1 aliphatic rings. The Bertz CT molecular complexity index is 483. The number of benzene rings is 1. The highest BCUT2D eigenvalue weighted by Gasteiger charge is 2.17. The van der Waals surface area contributed by atoms with Crippen molar-refractivity contribution >= 4 is 45.3 Å². The van der Waals surface area contributed by atoms with Crippen LogP contribution < -0.4 is 11.1 Å². The molecule has 1 heterocycles. The Morgan fingerprint density at radius 1 is 1.44 bits per heavy atom. The predicted octanol–water partition coefficient (Wildman–Crippen LogP) is 2.30. The van der Waals surface area contributed by atoms with E-state index in [4.69, 9.17) is 29.6 Å². The van der Waals surface area contributed by atoms with Crippen LogP contribution in [0, 0.1) is 0 Å². The molecular weight excluding hydrogens is 288 g/mol. The van der Waals surface area contributed by atoms with E-state index in [1.54, 1.807) is 0 Å². The van der Waals surface area contributed by atoms with E-state index in [-0.39, 0.29) is 0 Å². The van der Waals surface area contributed by atoms with Crippen LogP contribution in [0.5, 0.6) is 0 Å². The quantitative estimate of drug-likeness (QED) is 0.841. The van der Waals surface area contributed by atoms with Gasteiger partial charge in [0.25, 0.3) is 0 Å². The number of nitrogens with one attached hydrogen (secondary N) is 1. The summed E-state index contributed by atoms with van der Waals surface area (Å²) in [6.45, 7) is 0. The van der Waals surface area contributed by atoms with Gasteiger partial charge in [0.1, 0.15) is 4.99 Å². The smallest absolute Gasteiger partial charge is 0.105 e. The second-order valence-corrected chi connectivity index (χ2v) is 6.87.